The molecule has 1 amide bonds. The van der Waals surface area contributed by atoms with Gasteiger partial charge in [-0.2, -0.15) is 0 Å². The zero-order chi connectivity index (χ0) is 16.5. The van der Waals surface area contributed by atoms with E-state index in [1.807, 2.05) is 19.1 Å². The van der Waals surface area contributed by atoms with Crippen LogP contribution in [-0.2, 0) is 16.4 Å². The molecule has 0 saturated heterocycles. The van der Waals surface area contributed by atoms with Gasteiger partial charge >= 0.3 is 0 Å². The normalized spacial score (nSPS) is 11.5. The first-order valence-electron chi connectivity index (χ1n) is 6.66. The van der Waals surface area contributed by atoms with Gasteiger partial charge in [0, 0.05) is 25.6 Å². The van der Waals surface area contributed by atoms with E-state index in [1.165, 1.54) is 17.9 Å². The van der Waals surface area contributed by atoms with Crippen LogP contribution in [0.2, 0.25) is 0 Å². The van der Waals surface area contributed by atoms with Crippen LogP contribution in [0.5, 0.6) is 0 Å². The second-order valence-electron chi connectivity index (χ2n) is 5.29. The number of amides is 1. The fraction of sp³-hybridized carbons (Fsp3) is 0.333. The number of nitrogens with zero attached hydrogens (tertiary/aromatic N) is 2. The number of aromatic nitrogens is 1. The Hall–Kier alpha value is -2.15. The monoisotopic (exact) mass is 322 g/mol. The number of sulfone groups is 1. The molecule has 0 aliphatic carbocycles. The summed E-state index contributed by atoms with van der Waals surface area (Å²) in [7, 11) is -1.80. The van der Waals surface area contributed by atoms with Crippen molar-refractivity contribution < 1.29 is 17.6 Å². The fourth-order valence-corrected chi connectivity index (χ4v) is 2.92. The van der Waals surface area contributed by atoms with Crippen LogP contribution < -0.4 is 0 Å². The number of rotatable bonds is 4. The molecule has 2 aromatic heterocycles. The summed E-state index contributed by atoms with van der Waals surface area (Å²) in [6.45, 7) is 3.77. The molecule has 2 heterocycles. The molecule has 6 nitrogen and oxygen atoms in total. The average molecular weight is 322 g/mol. The number of furan rings is 1. The van der Waals surface area contributed by atoms with Crippen molar-refractivity contribution in [2.45, 2.75) is 25.3 Å². The van der Waals surface area contributed by atoms with Gasteiger partial charge in [-0.1, -0.05) is 6.07 Å². The molecule has 0 aromatic carbocycles. The quantitative estimate of drug-likeness (QED) is 0.859. The van der Waals surface area contributed by atoms with E-state index in [1.54, 1.807) is 13.2 Å². The first-order valence-corrected chi connectivity index (χ1v) is 8.55. The molecule has 0 bridgehead atoms. The van der Waals surface area contributed by atoms with Gasteiger partial charge in [-0.15, -0.1) is 0 Å². The van der Waals surface area contributed by atoms with Gasteiger partial charge in [0.25, 0.3) is 5.91 Å². The van der Waals surface area contributed by atoms with E-state index in [2.05, 4.69) is 4.98 Å². The lowest BCUT2D eigenvalue weighted by Gasteiger charge is -2.15. The highest BCUT2D eigenvalue weighted by Gasteiger charge is 2.22. The van der Waals surface area contributed by atoms with Gasteiger partial charge in [0.15, 0.2) is 15.6 Å². The average Bonchev–Trinajstić information content (AvgIpc) is 2.82. The molecular weight excluding hydrogens is 304 g/mol. The zero-order valence-corrected chi connectivity index (χ0v) is 13.8. The summed E-state index contributed by atoms with van der Waals surface area (Å²) in [5.74, 6) is -0.166. The second-order valence-corrected chi connectivity index (χ2v) is 7.28. The molecule has 7 heteroatoms. The lowest BCUT2D eigenvalue weighted by Crippen LogP contribution is -2.26. The number of carbonyl (C=O) groups is 1. The maximum absolute atomic E-state index is 12.3. The van der Waals surface area contributed by atoms with Crippen molar-refractivity contribution in [2.24, 2.45) is 0 Å². The van der Waals surface area contributed by atoms with Crippen molar-refractivity contribution in [3.63, 3.8) is 0 Å². The van der Waals surface area contributed by atoms with Crippen LogP contribution in [0.25, 0.3) is 0 Å². The van der Waals surface area contributed by atoms with E-state index in [0.717, 1.165) is 17.5 Å². The maximum atomic E-state index is 12.3. The second kappa shape index (κ2) is 5.92. The molecule has 2 aromatic rings. The molecule has 0 saturated carbocycles. The highest BCUT2D eigenvalue weighted by Crippen LogP contribution is 2.21. The Morgan fingerprint density at radius 1 is 1.32 bits per heavy atom. The van der Waals surface area contributed by atoms with Gasteiger partial charge in [0.2, 0.25) is 0 Å². The topological polar surface area (TPSA) is 80.5 Å². The van der Waals surface area contributed by atoms with Gasteiger partial charge in [-0.25, -0.2) is 8.42 Å². The van der Waals surface area contributed by atoms with Gasteiger partial charge in [0.05, 0.1) is 12.2 Å². The number of carbonyl (C=O) groups excluding carboxylic acids is 1. The molecule has 0 aliphatic heterocycles. The Morgan fingerprint density at radius 3 is 2.50 bits per heavy atom. The summed E-state index contributed by atoms with van der Waals surface area (Å²) in [6.07, 6.45) is 2.81. The number of aryl methyl sites for hydroxylation is 2. The van der Waals surface area contributed by atoms with Crippen molar-refractivity contribution in [2.75, 3.05) is 13.3 Å². The first-order chi connectivity index (χ1) is 10.2. The van der Waals surface area contributed by atoms with Crippen LogP contribution in [0, 0.1) is 13.8 Å². The molecule has 0 N–H and O–H groups in total. The summed E-state index contributed by atoms with van der Waals surface area (Å²) >= 11 is 0. The van der Waals surface area contributed by atoms with E-state index in [-0.39, 0.29) is 22.3 Å². The fourth-order valence-electron chi connectivity index (χ4n) is 2.03. The molecule has 0 aliphatic rings. The molecule has 0 radical (unpaired) electrons. The predicted molar refractivity (Wildman–Crippen MR) is 81.3 cm³/mol. The van der Waals surface area contributed by atoms with Crippen LogP contribution in [0.1, 0.15) is 27.6 Å². The van der Waals surface area contributed by atoms with Crippen molar-refractivity contribution in [3.05, 3.63) is 47.2 Å². The first kappa shape index (κ1) is 16.2. The van der Waals surface area contributed by atoms with E-state index in [4.69, 9.17) is 4.42 Å². The van der Waals surface area contributed by atoms with Crippen molar-refractivity contribution >= 4 is 15.7 Å². The van der Waals surface area contributed by atoms with Gasteiger partial charge in [-0.05, 0) is 25.5 Å². The summed E-state index contributed by atoms with van der Waals surface area (Å²) in [6, 6.07) is 5.03. The standard InChI is InChI=1S/C15H18N2O4S/c1-10-5-6-12(16-8-10)9-17(3)15(18)13-7-14(11(2)21-13)22(4,19)20/h5-8H,9H2,1-4H3. The Labute approximate surface area is 129 Å². The number of hydrogen-bond donors (Lipinski definition) is 0. The number of hydrogen-bond acceptors (Lipinski definition) is 5. The molecule has 0 spiro atoms. The van der Waals surface area contributed by atoms with E-state index in [9.17, 15) is 13.2 Å². The third-order valence-electron chi connectivity index (χ3n) is 3.20. The van der Waals surface area contributed by atoms with E-state index in [0.29, 0.717) is 6.54 Å². The van der Waals surface area contributed by atoms with E-state index >= 15 is 0 Å². The largest absolute Gasteiger partial charge is 0.455 e. The number of pyridine rings is 1. The predicted octanol–water partition coefficient (Wildman–Crippen LogP) is 1.97. The van der Waals surface area contributed by atoms with E-state index < -0.39 is 9.84 Å². The Kier molecular flexibility index (Phi) is 4.37. The highest BCUT2D eigenvalue weighted by molar-refractivity contribution is 7.90. The molecular formula is C15H18N2O4S. The van der Waals surface area contributed by atoms with Crippen LogP contribution in [-0.4, -0.2) is 37.5 Å². The molecule has 118 valence electrons. The lowest BCUT2D eigenvalue weighted by molar-refractivity contribution is 0.0750. The van der Waals surface area contributed by atoms with Crippen molar-refractivity contribution in [1.82, 2.24) is 9.88 Å². The van der Waals surface area contributed by atoms with Crippen molar-refractivity contribution in [3.8, 4) is 0 Å². The van der Waals surface area contributed by atoms with Crippen LogP contribution in [0.4, 0.5) is 0 Å². The van der Waals surface area contributed by atoms with Crippen molar-refractivity contribution in [1.29, 1.82) is 0 Å². The Balaban J connectivity index is 2.19. The highest BCUT2D eigenvalue weighted by atomic mass is 32.2. The third-order valence-corrected chi connectivity index (χ3v) is 4.41. The smallest absolute Gasteiger partial charge is 0.289 e. The summed E-state index contributed by atoms with van der Waals surface area (Å²) in [4.78, 5) is 18.0. The van der Waals surface area contributed by atoms with Gasteiger partial charge in [0.1, 0.15) is 10.7 Å². The minimum Gasteiger partial charge on any atom is -0.455 e. The Morgan fingerprint density at radius 2 is 2.00 bits per heavy atom. The SMILES string of the molecule is Cc1ccc(CN(C)C(=O)c2cc(S(C)(=O)=O)c(C)o2)nc1. The molecule has 0 atom stereocenters. The third kappa shape index (κ3) is 3.54. The zero-order valence-electron chi connectivity index (χ0n) is 13.0. The Bertz CT molecular complexity index is 791. The molecule has 0 fully saturated rings. The summed E-state index contributed by atoms with van der Waals surface area (Å²) in [5, 5.41) is 0. The summed E-state index contributed by atoms with van der Waals surface area (Å²) < 4.78 is 28.5. The summed E-state index contributed by atoms with van der Waals surface area (Å²) in [5.41, 5.74) is 1.78. The van der Waals surface area contributed by atoms with Gasteiger partial charge < -0.3 is 9.32 Å². The molecule has 0 unspecified atom stereocenters. The van der Waals surface area contributed by atoms with Gasteiger partial charge in [-0.3, -0.25) is 9.78 Å². The van der Waals surface area contributed by atoms with Crippen LogP contribution in [0.3, 0.4) is 0 Å². The lowest BCUT2D eigenvalue weighted by atomic mass is 10.2. The minimum atomic E-state index is -3.41. The van der Waals surface area contributed by atoms with Crippen LogP contribution >= 0.6 is 0 Å². The van der Waals surface area contributed by atoms with Crippen LogP contribution in [0.15, 0.2) is 33.7 Å². The molecule has 22 heavy (non-hydrogen) atoms. The molecule has 2 rings (SSSR count). The minimum absolute atomic E-state index is 0.00698. The maximum Gasteiger partial charge on any atom is 0.289 e.